The normalized spacial score (nSPS) is 19.1. The van der Waals surface area contributed by atoms with Crippen LogP contribution in [0.25, 0.3) is 0 Å². The fourth-order valence-electron chi connectivity index (χ4n) is 2.58. The van der Waals surface area contributed by atoms with E-state index < -0.39 is 24.9 Å². The van der Waals surface area contributed by atoms with Gasteiger partial charge in [0, 0.05) is 12.6 Å². The average Bonchev–Trinajstić information content (AvgIpc) is 2.27. The van der Waals surface area contributed by atoms with Crippen molar-refractivity contribution in [1.29, 1.82) is 0 Å². The van der Waals surface area contributed by atoms with Gasteiger partial charge in [0.25, 0.3) is 0 Å². The van der Waals surface area contributed by atoms with Crippen LogP contribution in [0.2, 0.25) is 0 Å². The summed E-state index contributed by atoms with van der Waals surface area (Å²) in [6.07, 6.45) is 0.680. The second-order valence-corrected chi connectivity index (χ2v) is 5.13. The Bertz CT molecular complexity index is 279. The van der Waals surface area contributed by atoms with Crippen molar-refractivity contribution in [3.8, 4) is 0 Å². The van der Waals surface area contributed by atoms with Gasteiger partial charge in [-0.3, -0.25) is 0 Å². The summed E-state index contributed by atoms with van der Waals surface area (Å²) in [5.74, 6) is 0.415. The van der Waals surface area contributed by atoms with Crippen LogP contribution in [0, 0.1) is 5.92 Å². The molecule has 0 aromatic heterocycles. The summed E-state index contributed by atoms with van der Waals surface area (Å²) in [5, 5.41) is 13.3. The van der Waals surface area contributed by atoms with E-state index in [0.717, 1.165) is 25.7 Å². The molecule has 0 radical (unpaired) electrons. The highest BCUT2D eigenvalue weighted by atomic mass is 19.4. The molecule has 7 heteroatoms. The van der Waals surface area contributed by atoms with Gasteiger partial charge >= 0.3 is 12.3 Å². The number of nitrogens with one attached hydrogen (secondary N) is 2. The molecule has 19 heavy (non-hydrogen) atoms. The van der Waals surface area contributed by atoms with Crippen molar-refractivity contribution in [3.05, 3.63) is 0 Å². The summed E-state index contributed by atoms with van der Waals surface area (Å²) in [6, 6.07) is -0.456. The molecule has 1 aliphatic carbocycles. The van der Waals surface area contributed by atoms with Crippen LogP contribution in [0.5, 0.6) is 0 Å². The Morgan fingerprint density at radius 3 is 2.42 bits per heavy atom. The van der Waals surface area contributed by atoms with E-state index in [9.17, 15) is 18.0 Å². The Morgan fingerprint density at radius 1 is 1.26 bits per heavy atom. The van der Waals surface area contributed by atoms with Crippen LogP contribution in [0.15, 0.2) is 0 Å². The molecule has 112 valence electrons. The molecule has 0 saturated heterocycles. The minimum Gasteiger partial charge on any atom is -0.465 e. The maximum absolute atomic E-state index is 12.0. The van der Waals surface area contributed by atoms with Gasteiger partial charge in [0.1, 0.15) is 0 Å². The monoisotopic (exact) mass is 282 g/mol. The van der Waals surface area contributed by atoms with E-state index in [1.54, 1.807) is 0 Å². The molecular formula is C12H21F3N2O2. The lowest BCUT2D eigenvalue weighted by Crippen LogP contribution is -2.44. The lowest BCUT2D eigenvalue weighted by Gasteiger charge is -2.26. The van der Waals surface area contributed by atoms with Crippen LogP contribution in [-0.2, 0) is 0 Å². The molecule has 1 saturated carbocycles. The summed E-state index contributed by atoms with van der Waals surface area (Å²) in [6.45, 7) is -1.07. The number of hydrogen-bond donors (Lipinski definition) is 3. The molecular weight excluding hydrogens is 261 g/mol. The minimum atomic E-state index is -4.27. The van der Waals surface area contributed by atoms with Crippen molar-refractivity contribution in [1.82, 2.24) is 10.6 Å². The zero-order chi connectivity index (χ0) is 14.3. The largest absolute Gasteiger partial charge is 0.465 e. The van der Waals surface area contributed by atoms with Crippen molar-refractivity contribution in [2.75, 3.05) is 13.1 Å². The minimum absolute atomic E-state index is 0.0162. The van der Waals surface area contributed by atoms with E-state index in [-0.39, 0.29) is 6.54 Å². The van der Waals surface area contributed by atoms with Gasteiger partial charge < -0.3 is 15.7 Å². The maximum Gasteiger partial charge on any atom is 0.404 e. The summed E-state index contributed by atoms with van der Waals surface area (Å²) in [4.78, 5) is 10.7. The van der Waals surface area contributed by atoms with Gasteiger partial charge in [-0.1, -0.05) is 32.1 Å². The molecule has 0 unspecified atom stereocenters. The van der Waals surface area contributed by atoms with Crippen LogP contribution >= 0.6 is 0 Å². The molecule has 0 spiro atoms. The Morgan fingerprint density at radius 2 is 1.89 bits per heavy atom. The Balaban J connectivity index is 2.35. The third-order valence-corrected chi connectivity index (χ3v) is 3.39. The van der Waals surface area contributed by atoms with E-state index >= 15 is 0 Å². The molecule has 1 atom stereocenters. The zero-order valence-electron chi connectivity index (χ0n) is 10.8. The molecule has 0 aromatic rings. The fourth-order valence-corrected chi connectivity index (χ4v) is 2.58. The highest BCUT2D eigenvalue weighted by molar-refractivity contribution is 5.64. The highest BCUT2D eigenvalue weighted by Crippen LogP contribution is 2.27. The van der Waals surface area contributed by atoms with Gasteiger partial charge in [-0.05, 0) is 12.3 Å². The van der Waals surface area contributed by atoms with Gasteiger partial charge in [-0.15, -0.1) is 0 Å². The molecule has 0 aromatic carbocycles. The first-order valence-corrected chi connectivity index (χ1v) is 6.64. The lowest BCUT2D eigenvalue weighted by atomic mass is 9.85. The second-order valence-electron chi connectivity index (χ2n) is 5.13. The van der Waals surface area contributed by atoms with Crippen molar-refractivity contribution in [2.24, 2.45) is 5.92 Å². The number of halogens is 3. The first kappa shape index (κ1) is 16.1. The van der Waals surface area contributed by atoms with Crippen molar-refractivity contribution in [2.45, 2.75) is 50.7 Å². The number of amides is 1. The van der Waals surface area contributed by atoms with Gasteiger partial charge in [0.2, 0.25) is 0 Å². The first-order valence-electron chi connectivity index (χ1n) is 6.64. The van der Waals surface area contributed by atoms with Crippen LogP contribution in [0.4, 0.5) is 18.0 Å². The topological polar surface area (TPSA) is 61.4 Å². The highest BCUT2D eigenvalue weighted by Gasteiger charge is 2.27. The predicted molar refractivity (Wildman–Crippen MR) is 65.1 cm³/mol. The molecule has 0 heterocycles. The van der Waals surface area contributed by atoms with Crippen molar-refractivity contribution >= 4 is 6.09 Å². The summed E-state index contributed by atoms with van der Waals surface area (Å²) >= 11 is 0. The molecule has 1 amide bonds. The molecule has 1 fully saturated rings. The SMILES string of the molecule is O=C(O)N[C@H](CNCC(F)(F)F)CC1CCCCC1. The van der Waals surface area contributed by atoms with Gasteiger partial charge in [0.05, 0.1) is 6.54 Å². The summed E-state index contributed by atoms with van der Waals surface area (Å²) in [7, 11) is 0. The van der Waals surface area contributed by atoms with E-state index in [2.05, 4.69) is 10.6 Å². The number of hydrogen-bond acceptors (Lipinski definition) is 2. The summed E-state index contributed by atoms with van der Waals surface area (Å²) < 4.78 is 36.1. The molecule has 4 nitrogen and oxygen atoms in total. The third kappa shape index (κ3) is 7.92. The lowest BCUT2D eigenvalue weighted by molar-refractivity contribution is -0.124. The molecule has 1 aliphatic rings. The Hall–Kier alpha value is -0.980. The maximum atomic E-state index is 12.0. The van der Waals surface area contributed by atoms with Crippen LogP contribution in [0.1, 0.15) is 38.5 Å². The van der Waals surface area contributed by atoms with Crippen molar-refractivity contribution < 1.29 is 23.1 Å². The van der Waals surface area contributed by atoms with E-state index in [0.29, 0.717) is 12.3 Å². The molecule has 0 aliphatic heterocycles. The quantitative estimate of drug-likeness (QED) is 0.702. The van der Waals surface area contributed by atoms with Crippen LogP contribution in [0.3, 0.4) is 0 Å². The Labute approximate surface area is 110 Å². The van der Waals surface area contributed by atoms with Crippen molar-refractivity contribution in [3.63, 3.8) is 0 Å². The number of carboxylic acid groups (broad SMARTS) is 1. The van der Waals surface area contributed by atoms with E-state index in [1.165, 1.54) is 6.42 Å². The van der Waals surface area contributed by atoms with E-state index in [4.69, 9.17) is 5.11 Å². The van der Waals surface area contributed by atoms with Gasteiger partial charge in [-0.25, -0.2) is 4.79 Å². The zero-order valence-corrected chi connectivity index (χ0v) is 10.8. The summed E-state index contributed by atoms with van der Waals surface area (Å²) in [5.41, 5.74) is 0. The number of carbonyl (C=O) groups is 1. The Kier molecular flexibility index (Phi) is 6.41. The van der Waals surface area contributed by atoms with Crippen LogP contribution in [-0.4, -0.2) is 36.5 Å². The van der Waals surface area contributed by atoms with Gasteiger partial charge in [-0.2, -0.15) is 13.2 Å². The number of rotatable bonds is 6. The molecule has 3 N–H and O–H groups in total. The molecule has 0 bridgehead atoms. The van der Waals surface area contributed by atoms with Gasteiger partial charge in [0.15, 0.2) is 0 Å². The van der Waals surface area contributed by atoms with E-state index in [1.807, 2.05) is 0 Å². The first-order chi connectivity index (χ1) is 8.87. The standard InChI is InChI=1S/C12H21F3N2O2/c13-12(14,15)8-16-7-10(17-11(18)19)6-9-4-2-1-3-5-9/h9-10,16-17H,1-8H2,(H,18,19)/t10-/m0/s1. The average molecular weight is 282 g/mol. The van der Waals surface area contributed by atoms with Crippen LogP contribution < -0.4 is 10.6 Å². The molecule has 1 rings (SSSR count). The number of alkyl halides is 3. The second kappa shape index (κ2) is 7.57. The smallest absolute Gasteiger partial charge is 0.404 e. The predicted octanol–water partition coefficient (Wildman–Crippen LogP) is 2.74. The fraction of sp³-hybridized carbons (Fsp3) is 0.917. The third-order valence-electron chi connectivity index (χ3n) is 3.39.